The Bertz CT molecular complexity index is 1220. The first-order valence-corrected chi connectivity index (χ1v) is 11.5. The van der Waals surface area contributed by atoms with Crippen molar-refractivity contribution in [2.75, 3.05) is 18.5 Å². The molecule has 7 nitrogen and oxygen atoms in total. The van der Waals surface area contributed by atoms with E-state index in [2.05, 4.69) is 20.6 Å². The molecule has 0 aliphatic heterocycles. The molecule has 0 bridgehead atoms. The van der Waals surface area contributed by atoms with Crippen LogP contribution in [0.1, 0.15) is 26.5 Å². The lowest BCUT2D eigenvalue weighted by molar-refractivity contribution is 0.0945. The van der Waals surface area contributed by atoms with E-state index in [4.69, 9.17) is 10.1 Å². The van der Waals surface area contributed by atoms with Crippen molar-refractivity contribution in [1.29, 1.82) is 0 Å². The number of hydrogen-bond acceptors (Lipinski definition) is 7. The summed E-state index contributed by atoms with van der Waals surface area (Å²) >= 11 is 1.64. The van der Waals surface area contributed by atoms with Crippen molar-refractivity contribution in [2.45, 2.75) is 19.8 Å². The molecule has 0 radical (unpaired) electrons. The van der Waals surface area contributed by atoms with Crippen LogP contribution in [0, 0.1) is 6.92 Å². The molecule has 0 aliphatic rings. The number of nitrogens with zero attached hydrogens (tertiary/aromatic N) is 3. The highest BCUT2D eigenvalue weighted by atomic mass is 32.1. The number of benzene rings is 1. The number of aromatic nitrogens is 3. The van der Waals surface area contributed by atoms with Crippen LogP contribution in [0.25, 0.3) is 10.6 Å². The Morgan fingerprint density at radius 2 is 1.88 bits per heavy atom. The second kappa shape index (κ2) is 10.8. The number of pyridine rings is 2. The average Bonchev–Trinajstić information content (AvgIpc) is 3.31. The van der Waals surface area contributed by atoms with E-state index in [1.807, 2.05) is 55.6 Å². The molecular formula is C25H25N5O2S. The summed E-state index contributed by atoms with van der Waals surface area (Å²) in [5.41, 5.74) is 3.73. The lowest BCUT2D eigenvalue weighted by Gasteiger charge is -2.06. The number of aliphatic hydroxyl groups excluding tert-OH is 1. The number of hydrogen-bond donors (Lipinski definition) is 3. The number of aryl methyl sites for hydroxylation is 3. The van der Waals surface area contributed by atoms with Crippen LogP contribution < -0.4 is 10.6 Å². The van der Waals surface area contributed by atoms with Gasteiger partial charge in [0.15, 0.2) is 0 Å². The van der Waals surface area contributed by atoms with Crippen molar-refractivity contribution in [1.82, 2.24) is 20.3 Å². The molecule has 0 atom stereocenters. The minimum absolute atomic E-state index is 0.0696. The van der Waals surface area contributed by atoms with Gasteiger partial charge in [-0.05, 0) is 60.9 Å². The number of aliphatic hydroxyl groups is 1. The molecule has 4 aromatic rings. The minimum atomic E-state index is -0.178. The van der Waals surface area contributed by atoms with E-state index in [0.29, 0.717) is 5.56 Å². The fraction of sp³-hybridized carbons (Fsp3) is 0.200. The molecule has 168 valence electrons. The van der Waals surface area contributed by atoms with Crippen LogP contribution in [0.15, 0.2) is 67.0 Å². The molecule has 0 unspecified atom stereocenters. The molecule has 0 fully saturated rings. The summed E-state index contributed by atoms with van der Waals surface area (Å²) in [6.45, 7) is 2.21. The van der Waals surface area contributed by atoms with Crippen LogP contribution in [-0.4, -0.2) is 39.1 Å². The molecule has 8 heteroatoms. The van der Waals surface area contributed by atoms with Crippen molar-refractivity contribution in [2.24, 2.45) is 0 Å². The first kappa shape index (κ1) is 22.6. The lowest BCUT2D eigenvalue weighted by Crippen LogP contribution is -2.26. The van der Waals surface area contributed by atoms with Gasteiger partial charge in [-0.1, -0.05) is 18.2 Å². The van der Waals surface area contributed by atoms with Gasteiger partial charge in [-0.3, -0.25) is 4.79 Å². The Morgan fingerprint density at radius 3 is 2.67 bits per heavy atom. The molecular weight excluding hydrogens is 434 g/mol. The Kier molecular flexibility index (Phi) is 7.39. The van der Waals surface area contributed by atoms with E-state index >= 15 is 0 Å². The van der Waals surface area contributed by atoms with E-state index in [9.17, 15) is 4.79 Å². The van der Waals surface area contributed by atoms with Gasteiger partial charge >= 0.3 is 0 Å². The molecule has 1 amide bonds. The maximum absolute atomic E-state index is 11.9. The first-order chi connectivity index (χ1) is 16.1. The first-order valence-electron chi connectivity index (χ1n) is 10.7. The summed E-state index contributed by atoms with van der Waals surface area (Å²) in [5, 5.41) is 15.8. The predicted octanol–water partition coefficient (Wildman–Crippen LogP) is 4.16. The maximum Gasteiger partial charge on any atom is 0.251 e. The molecule has 3 aromatic heterocycles. The van der Waals surface area contributed by atoms with Gasteiger partial charge in [-0.2, -0.15) is 0 Å². The third-order valence-electron chi connectivity index (χ3n) is 4.97. The van der Waals surface area contributed by atoms with Gasteiger partial charge in [0.05, 0.1) is 22.2 Å². The normalized spacial score (nSPS) is 10.7. The summed E-state index contributed by atoms with van der Waals surface area (Å²) in [6, 6.07) is 17.3. The van der Waals surface area contributed by atoms with Crippen LogP contribution in [0.4, 0.5) is 11.6 Å². The van der Waals surface area contributed by atoms with Crippen LogP contribution in [0.5, 0.6) is 0 Å². The van der Waals surface area contributed by atoms with Crippen LogP contribution >= 0.6 is 11.3 Å². The fourth-order valence-corrected chi connectivity index (χ4v) is 4.15. The van der Waals surface area contributed by atoms with Crippen LogP contribution in [-0.2, 0) is 12.8 Å². The van der Waals surface area contributed by atoms with Crippen molar-refractivity contribution in [3.8, 4) is 10.6 Å². The van der Waals surface area contributed by atoms with Gasteiger partial charge in [0.1, 0.15) is 11.6 Å². The second-order valence-electron chi connectivity index (χ2n) is 7.55. The van der Waals surface area contributed by atoms with Gasteiger partial charge in [0.25, 0.3) is 5.91 Å². The SMILES string of the molecule is Cc1ccnc(Nc2cccc(-c3cnc(CCc4ccc(C(=O)NCCO)cc4)s3)n2)c1. The predicted molar refractivity (Wildman–Crippen MR) is 131 cm³/mol. The molecule has 3 heterocycles. The van der Waals surface area contributed by atoms with Crippen molar-refractivity contribution in [3.05, 3.63) is 88.7 Å². The molecule has 0 saturated carbocycles. The number of carbonyl (C=O) groups excluding carboxylic acids is 1. The number of anilines is 2. The van der Waals surface area contributed by atoms with E-state index in [0.717, 1.165) is 51.2 Å². The molecule has 0 saturated heterocycles. The van der Waals surface area contributed by atoms with E-state index in [1.54, 1.807) is 29.7 Å². The monoisotopic (exact) mass is 459 g/mol. The smallest absolute Gasteiger partial charge is 0.251 e. The number of nitrogens with one attached hydrogen (secondary N) is 2. The zero-order chi connectivity index (χ0) is 23.0. The standard InChI is InChI=1S/C25H25N5O2S/c1-17-11-12-26-23(15-17)30-22-4-2-3-20(29-22)21-16-28-24(33-21)10-7-18-5-8-19(9-6-18)25(32)27-13-14-31/h2-6,8-9,11-12,15-16,31H,7,10,13-14H2,1H3,(H,27,32)(H,26,29,30). The summed E-state index contributed by atoms with van der Waals surface area (Å²) in [5.74, 6) is 1.33. The highest BCUT2D eigenvalue weighted by Crippen LogP contribution is 2.27. The van der Waals surface area contributed by atoms with Gasteiger partial charge in [-0.15, -0.1) is 11.3 Å². The fourth-order valence-electron chi connectivity index (χ4n) is 3.27. The Hall–Kier alpha value is -3.62. The summed E-state index contributed by atoms with van der Waals surface area (Å²) in [7, 11) is 0. The topological polar surface area (TPSA) is 100 Å². The average molecular weight is 460 g/mol. The number of thiazole rings is 1. The molecule has 1 aromatic carbocycles. The molecule has 0 aliphatic carbocycles. The lowest BCUT2D eigenvalue weighted by atomic mass is 10.1. The van der Waals surface area contributed by atoms with Crippen LogP contribution in [0.3, 0.4) is 0 Å². The minimum Gasteiger partial charge on any atom is -0.395 e. The number of rotatable bonds is 9. The van der Waals surface area contributed by atoms with Gasteiger partial charge < -0.3 is 15.7 Å². The largest absolute Gasteiger partial charge is 0.395 e. The van der Waals surface area contributed by atoms with E-state index in [1.165, 1.54) is 0 Å². The summed E-state index contributed by atoms with van der Waals surface area (Å²) in [6.07, 6.45) is 5.29. The Balaban J connectivity index is 1.37. The molecule has 3 N–H and O–H groups in total. The van der Waals surface area contributed by atoms with Gasteiger partial charge in [0, 0.05) is 30.9 Å². The summed E-state index contributed by atoms with van der Waals surface area (Å²) < 4.78 is 0. The Labute approximate surface area is 196 Å². The van der Waals surface area contributed by atoms with E-state index < -0.39 is 0 Å². The maximum atomic E-state index is 11.9. The quantitative estimate of drug-likeness (QED) is 0.348. The zero-order valence-electron chi connectivity index (χ0n) is 18.3. The third kappa shape index (κ3) is 6.21. The van der Waals surface area contributed by atoms with Crippen LogP contribution in [0.2, 0.25) is 0 Å². The van der Waals surface area contributed by atoms with Crippen molar-refractivity contribution < 1.29 is 9.90 Å². The second-order valence-corrected chi connectivity index (χ2v) is 8.66. The van der Waals surface area contributed by atoms with Crippen molar-refractivity contribution >= 4 is 28.9 Å². The molecule has 33 heavy (non-hydrogen) atoms. The highest BCUT2D eigenvalue weighted by Gasteiger charge is 2.09. The van der Waals surface area contributed by atoms with Gasteiger partial charge in [0.2, 0.25) is 0 Å². The summed E-state index contributed by atoms with van der Waals surface area (Å²) in [4.78, 5) is 26.6. The highest BCUT2D eigenvalue weighted by molar-refractivity contribution is 7.15. The van der Waals surface area contributed by atoms with Crippen molar-refractivity contribution in [3.63, 3.8) is 0 Å². The third-order valence-corrected chi connectivity index (χ3v) is 6.05. The number of amides is 1. The molecule has 0 spiro atoms. The van der Waals surface area contributed by atoms with E-state index in [-0.39, 0.29) is 19.1 Å². The number of carbonyl (C=O) groups is 1. The molecule has 4 rings (SSSR count). The Morgan fingerprint density at radius 1 is 1.03 bits per heavy atom. The van der Waals surface area contributed by atoms with Gasteiger partial charge in [-0.25, -0.2) is 15.0 Å². The zero-order valence-corrected chi connectivity index (χ0v) is 19.1.